The molecule has 0 aliphatic heterocycles. The fourth-order valence-electron chi connectivity index (χ4n) is 2.26. The number of hydrazine groups is 1. The van der Waals surface area contributed by atoms with E-state index in [0.29, 0.717) is 6.42 Å². The SMILES string of the molecule is CCn1nc(C)c(Br)c1CC(NN)c1ccc(Cl)c(F)c1. The van der Waals surface area contributed by atoms with Gasteiger partial charge in [0.2, 0.25) is 0 Å². The Morgan fingerprint density at radius 3 is 2.81 bits per heavy atom. The molecule has 0 bridgehead atoms. The monoisotopic (exact) mass is 374 g/mol. The van der Waals surface area contributed by atoms with E-state index in [-0.39, 0.29) is 11.1 Å². The third kappa shape index (κ3) is 3.45. The molecule has 0 radical (unpaired) electrons. The normalized spacial score (nSPS) is 12.7. The molecule has 1 heterocycles. The third-order valence-electron chi connectivity index (χ3n) is 3.40. The highest BCUT2D eigenvalue weighted by molar-refractivity contribution is 9.10. The molecular formula is C14H17BrClFN4. The molecule has 0 aliphatic rings. The zero-order valence-electron chi connectivity index (χ0n) is 11.8. The summed E-state index contributed by atoms with van der Waals surface area (Å²) in [5.41, 5.74) is 5.42. The quantitative estimate of drug-likeness (QED) is 0.621. The van der Waals surface area contributed by atoms with Crippen molar-refractivity contribution >= 4 is 27.5 Å². The largest absolute Gasteiger partial charge is 0.271 e. The molecule has 1 aromatic heterocycles. The molecule has 114 valence electrons. The molecule has 0 aliphatic carbocycles. The lowest BCUT2D eigenvalue weighted by Gasteiger charge is -2.17. The fourth-order valence-corrected chi connectivity index (χ4v) is 2.82. The molecule has 21 heavy (non-hydrogen) atoms. The molecule has 0 saturated heterocycles. The van der Waals surface area contributed by atoms with Crippen LogP contribution in [0.2, 0.25) is 5.02 Å². The lowest BCUT2D eigenvalue weighted by molar-refractivity contribution is 0.512. The summed E-state index contributed by atoms with van der Waals surface area (Å²) in [4.78, 5) is 0. The van der Waals surface area contributed by atoms with Crippen molar-refractivity contribution in [2.75, 3.05) is 0 Å². The minimum Gasteiger partial charge on any atom is -0.271 e. The summed E-state index contributed by atoms with van der Waals surface area (Å²) in [7, 11) is 0. The average molecular weight is 376 g/mol. The number of benzene rings is 1. The van der Waals surface area contributed by atoms with Crippen LogP contribution >= 0.6 is 27.5 Å². The van der Waals surface area contributed by atoms with Gasteiger partial charge in [-0.05, 0) is 47.5 Å². The van der Waals surface area contributed by atoms with Gasteiger partial charge in [-0.2, -0.15) is 5.10 Å². The summed E-state index contributed by atoms with van der Waals surface area (Å²) in [5, 5.41) is 4.55. The van der Waals surface area contributed by atoms with Gasteiger partial charge in [0.05, 0.1) is 26.9 Å². The van der Waals surface area contributed by atoms with E-state index in [4.69, 9.17) is 17.4 Å². The van der Waals surface area contributed by atoms with Crippen molar-refractivity contribution in [2.45, 2.75) is 32.9 Å². The molecule has 7 heteroatoms. The number of hydrogen-bond acceptors (Lipinski definition) is 3. The van der Waals surface area contributed by atoms with Crippen LogP contribution in [0.3, 0.4) is 0 Å². The second-order valence-corrected chi connectivity index (χ2v) is 5.96. The van der Waals surface area contributed by atoms with E-state index in [9.17, 15) is 4.39 Å². The maximum Gasteiger partial charge on any atom is 0.142 e. The number of aryl methyl sites for hydroxylation is 2. The lowest BCUT2D eigenvalue weighted by Crippen LogP contribution is -2.30. The zero-order chi connectivity index (χ0) is 15.6. The molecule has 0 fully saturated rings. The second-order valence-electron chi connectivity index (χ2n) is 4.76. The topological polar surface area (TPSA) is 55.9 Å². The predicted molar refractivity (Wildman–Crippen MR) is 85.5 cm³/mol. The Kier molecular flexibility index (Phi) is 5.37. The Balaban J connectivity index is 2.33. The molecule has 2 rings (SSSR count). The van der Waals surface area contributed by atoms with Gasteiger partial charge in [0, 0.05) is 13.0 Å². The van der Waals surface area contributed by atoms with Crippen molar-refractivity contribution in [3.05, 3.63) is 50.5 Å². The molecule has 3 N–H and O–H groups in total. The third-order valence-corrected chi connectivity index (χ3v) is 4.74. The fraction of sp³-hybridized carbons (Fsp3) is 0.357. The Morgan fingerprint density at radius 2 is 2.24 bits per heavy atom. The van der Waals surface area contributed by atoms with Crippen LogP contribution in [-0.2, 0) is 13.0 Å². The molecule has 1 atom stereocenters. The summed E-state index contributed by atoms with van der Waals surface area (Å²) in [5.74, 6) is 5.19. The number of hydrogen-bond donors (Lipinski definition) is 2. The second kappa shape index (κ2) is 6.87. The number of nitrogens with one attached hydrogen (secondary N) is 1. The van der Waals surface area contributed by atoms with E-state index in [1.54, 1.807) is 6.07 Å². The van der Waals surface area contributed by atoms with Gasteiger partial charge in [-0.3, -0.25) is 16.0 Å². The number of rotatable bonds is 5. The average Bonchev–Trinajstić information content (AvgIpc) is 2.75. The Labute approximate surface area is 136 Å². The summed E-state index contributed by atoms with van der Waals surface area (Å²) in [6, 6.07) is 4.48. The standard InChI is InChI=1S/C14H17BrClFN4/c1-3-21-13(14(15)8(2)20-21)7-12(19-18)9-4-5-10(16)11(17)6-9/h4-6,12,19H,3,7,18H2,1-2H3. The van der Waals surface area contributed by atoms with Crippen LogP contribution in [0.15, 0.2) is 22.7 Å². The van der Waals surface area contributed by atoms with Crippen molar-refractivity contribution in [3.8, 4) is 0 Å². The van der Waals surface area contributed by atoms with Gasteiger partial charge in [-0.25, -0.2) is 4.39 Å². The predicted octanol–water partition coefficient (Wildman–Crippen LogP) is 3.51. The van der Waals surface area contributed by atoms with Gasteiger partial charge in [-0.15, -0.1) is 0 Å². The molecule has 0 saturated carbocycles. The van der Waals surface area contributed by atoms with Crippen LogP contribution in [0.1, 0.15) is 29.9 Å². The number of nitrogens with zero attached hydrogens (tertiary/aromatic N) is 2. The Bertz CT molecular complexity index is 644. The first-order chi connectivity index (χ1) is 9.97. The summed E-state index contributed by atoms with van der Waals surface area (Å²) in [6.07, 6.45) is 0.590. The molecule has 1 aromatic carbocycles. The van der Waals surface area contributed by atoms with Crippen LogP contribution in [-0.4, -0.2) is 9.78 Å². The first-order valence-corrected chi connectivity index (χ1v) is 7.77. The molecule has 4 nitrogen and oxygen atoms in total. The van der Waals surface area contributed by atoms with E-state index < -0.39 is 5.82 Å². The highest BCUT2D eigenvalue weighted by atomic mass is 79.9. The summed E-state index contributed by atoms with van der Waals surface area (Å²) >= 11 is 9.27. The molecule has 0 spiro atoms. The molecule has 0 amide bonds. The maximum absolute atomic E-state index is 13.6. The van der Waals surface area contributed by atoms with Crippen molar-refractivity contribution in [3.63, 3.8) is 0 Å². The van der Waals surface area contributed by atoms with E-state index in [0.717, 1.165) is 28.0 Å². The van der Waals surface area contributed by atoms with E-state index >= 15 is 0 Å². The Hall–Kier alpha value is -0.950. The van der Waals surface area contributed by atoms with E-state index in [1.165, 1.54) is 12.1 Å². The van der Waals surface area contributed by atoms with Crippen LogP contribution in [0.25, 0.3) is 0 Å². The van der Waals surface area contributed by atoms with Crippen LogP contribution in [0.5, 0.6) is 0 Å². The minimum atomic E-state index is -0.450. The van der Waals surface area contributed by atoms with Crippen molar-refractivity contribution in [2.24, 2.45) is 5.84 Å². The molecule has 1 unspecified atom stereocenters. The minimum absolute atomic E-state index is 0.102. The van der Waals surface area contributed by atoms with Gasteiger partial charge in [-0.1, -0.05) is 17.7 Å². The van der Waals surface area contributed by atoms with Gasteiger partial charge in [0.25, 0.3) is 0 Å². The van der Waals surface area contributed by atoms with E-state index in [1.807, 2.05) is 18.5 Å². The van der Waals surface area contributed by atoms with Gasteiger partial charge in [0.15, 0.2) is 0 Å². The smallest absolute Gasteiger partial charge is 0.142 e. The van der Waals surface area contributed by atoms with Crippen LogP contribution < -0.4 is 11.3 Å². The highest BCUT2D eigenvalue weighted by Crippen LogP contribution is 2.27. The highest BCUT2D eigenvalue weighted by Gasteiger charge is 2.19. The number of aromatic nitrogens is 2. The summed E-state index contributed by atoms with van der Waals surface area (Å²) < 4.78 is 16.5. The van der Waals surface area contributed by atoms with Crippen LogP contribution in [0, 0.1) is 12.7 Å². The van der Waals surface area contributed by atoms with Crippen molar-refractivity contribution in [1.82, 2.24) is 15.2 Å². The number of nitrogens with two attached hydrogens (primary N) is 1. The van der Waals surface area contributed by atoms with Gasteiger partial charge < -0.3 is 0 Å². The summed E-state index contributed by atoms with van der Waals surface area (Å²) in [6.45, 7) is 4.72. The maximum atomic E-state index is 13.6. The first-order valence-electron chi connectivity index (χ1n) is 6.60. The first kappa shape index (κ1) is 16.4. The Morgan fingerprint density at radius 1 is 1.52 bits per heavy atom. The van der Waals surface area contributed by atoms with Crippen molar-refractivity contribution < 1.29 is 4.39 Å². The van der Waals surface area contributed by atoms with Crippen LogP contribution in [0.4, 0.5) is 4.39 Å². The van der Waals surface area contributed by atoms with Gasteiger partial charge >= 0.3 is 0 Å². The van der Waals surface area contributed by atoms with Crippen molar-refractivity contribution in [1.29, 1.82) is 0 Å². The van der Waals surface area contributed by atoms with Gasteiger partial charge in [0.1, 0.15) is 5.82 Å². The molecule has 2 aromatic rings. The molecular weight excluding hydrogens is 359 g/mol. The lowest BCUT2D eigenvalue weighted by atomic mass is 10.0. The van der Waals surface area contributed by atoms with E-state index in [2.05, 4.69) is 26.5 Å². The number of halogens is 3. The zero-order valence-corrected chi connectivity index (χ0v) is 14.2.